The van der Waals surface area contributed by atoms with Crippen molar-refractivity contribution in [1.82, 2.24) is 24.5 Å². The van der Waals surface area contributed by atoms with E-state index >= 15 is 0 Å². The molecule has 0 aliphatic carbocycles. The van der Waals surface area contributed by atoms with Crippen LogP contribution in [-0.4, -0.2) is 79.0 Å². The predicted molar refractivity (Wildman–Crippen MR) is 148 cm³/mol. The molecule has 0 bridgehead atoms. The van der Waals surface area contributed by atoms with Crippen LogP contribution in [0, 0.1) is 0 Å². The van der Waals surface area contributed by atoms with E-state index in [1.807, 2.05) is 28.8 Å². The molecule has 3 N–H and O–H groups in total. The molecule has 2 aliphatic heterocycles. The zero-order valence-electron chi connectivity index (χ0n) is 21.3. The van der Waals surface area contributed by atoms with E-state index in [2.05, 4.69) is 39.2 Å². The fraction of sp³-hybridized carbons (Fsp3) is 0.276. The first-order valence-corrected chi connectivity index (χ1v) is 13.4. The van der Waals surface area contributed by atoms with Crippen LogP contribution in [0.3, 0.4) is 0 Å². The first kappa shape index (κ1) is 25.2. The molecule has 0 unspecified atom stereocenters. The molecule has 7 rings (SSSR count). The van der Waals surface area contributed by atoms with Crippen LogP contribution in [0.15, 0.2) is 67.1 Å². The normalized spacial score (nSPS) is 22.2. The molecule has 2 saturated heterocycles. The molecule has 40 heavy (non-hydrogen) atoms. The molecule has 204 valence electrons. The van der Waals surface area contributed by atoms with Crippen LogP contribution in [0.25, 0.3) is 44.8 Å². The molecule has 10 nitrogen and oxygen atoms in total. The molecule has 0 radical (unpaired) electrons. The Balaban J connectivity index is 1.09. The number of hydrogen-bond acceptors (Lipinski definition) is 8. The number of aliphatic hydroxyl groups excluding tert-OH is 2. The number of H-pyrrole nitrogens is 1. The summed E-state index contributed by atoms with van der Waals surface area (Å²) in [5.41, 5.74) is 6.76. The summed E-state index contributed by atoms with van der Waals surface area (Å²) < 4.78 is 19.2. The summed E-state index contributed by atoms with van der Waals surface area (Å²) in [5, 5.41) is 19.7. The van der Waals surface area contributed by atoms with Gasteiger partial charge in [0, 0.05) is 12.1 Å². The van der Waals surface area contributed by atoms with Crippen LogP contribution < -0.4 is 4.74 Å². The Morgan fingerprint density at radius 1 is 0.950 bits per heavy atom. The lowest BCUT2D eigenvalue weighted by molar-refractivity contribution is 0.00706. The summed E-state index contributed by atoms with van der Waals surface area (Å²) in [7, 11) is 0. The van der Waals surface area contributed by atoms with Crippen LogP contribution in [0.5, 0.6) is 6.01 Å². The van der Waals surface area contributed by atoms with Crippen molar-refractivity contribution in [3.63, 3.8) is 0 Å². The fourth-order valence-electron chi connectivity index (χ4n) is 5.34. The zero-order chi connectivity index (χ0) is 27.2. The van der Waals surface area contributed by atoms with Gasteiger partial charge in [0.1, 0.15) is 18.3 Å². The lowest BCUT2D eigenvalue weighted by Gasteiger charge is -2.15. The molecule has 11 heteroatoms. The largest absolute Gasteiger partial charge is 0.456 e. The molecule has 5 aromatic rings. The van der Waals surface area contributed by atoms with E-state index in [1.54, 1.807) is 18.6 Å². The Hall–Kier alpha value is -3.80. The molecule has 0 amide bonds. The third-order valence-corrected chi connectivity index (χ3v) is 7.66. The maximum atomic E-state index is 9.96. The number of pyridine rings is 1. The summed E-state index contributed by atoms with van der Waals surface area (Å²) in [5.74, 6) is 0. The number of benzene rings is 2. The second kappa shape index (κ2) is 10.3. The van der Waals surface area contributed by atoms with E-state index in [1.165, 1.54) is 0 Å². The highest BCUT2D eigenvalue weighted by Gasteiger charge is 2.48. The van der Waals surface area contributed by atoms with Crippen molar-refractivity contribution >= 4 is 22.8 Å². The van der Waals surface area contributed by atoms with Crippen molar-refractivity contribution in [3.8, 4) is 39.7 Å². The molecular weight excluding hydrogens is 534 g/mol. The Bertz CT molecular complexity index is 1650. The fourth-order valence-corrected chi connectivity index (χ4v) is 5.60. The molecule has 3 aromatic heterocycles. The Kier molecular flexibility index (Phi) is 6.49. The highest BCUT2D eigenvalue weighted by atomic mass is 35.5. The maximum absolute atomic E-state index is 9.96. The quantitative estimate of drug-likeness (QED) is 0.275. The van der Waals surface area contributed by atoms with Crippen LogP contribution in [0.1, 0.15) is 0 Å². The van der Waals surface area contributed by atoms with E-state index in [0.29, 0.717) is 41.0 Å². The summed E-state index contributed by atoms with van der Waals surface area (Å²) in [6, 6.07) is 18.4. The van der Waals surface area contributed by atoms with E-state index in [-0.39, 0.29) is 31.5 Å². The number of nitrogens with zero attached hydrogens (tertiary/aromatic N) is 4. The van der Waals surface area contributed by atoms with E-state index in [4.69, 9.17) is 30.8 Å². The number of ether oxygens (including phenoxy) is 3. The molecule has 2 fully saturated rings. The number of aromatic amines is 1. The van der Waals surface area contributed by atoms with Crippen molar-refractivity contribution in [2.75, 3.05) is 19.8 Å². The Morgan fingerprint density at radius 2 is 1.65 bits per heavy atom. The minimum Gasteiger partial charge on any atom is -0.456 e. The molecule has 2 aliphatic rings. The average molecular weight is 560 g/mol. The van der Waals surface area contributed by atoms with Crippen molar-refractivity contribution in [3.05, 3.63) is 72.1 Å². The van der Waals surface area contributed by atoms with E-state index in [0.717, 1.165) is 27.9 Å². The van der Waals surface area contributed by atoms with Crippen molar-refractivity contribution in [2.24, 2.45) is 0 Å². The third kappa shape index (κ3) is 4.53. The van der Waals surface area contributed by atoms with Gasteiger partial charge in [0.2, 0.25) is 0 Å². The second-order valence-corrected chi connectivity index (χ2v) is 10.3. The second-order valence-electron chi connectivity index (χ2n) is 9.90. The van der Waals surface area contributed by atoms with Gasteiger partial charge in [-0.3, -0.25) is 0 Å². The molecule has 2 aromatic carbocycles. The lowest BCUT2D eigenvalue weighted by Crippen LogP contribution is -2.34. The van der Waals surface area contributed by atoms with Gasteiger partial charge in [-0.25, -0.2) is 9.97 Å². The maximum Gasteiger partial charge on any atom is 0.296 e. The Morgan fingerprint density at radius 3 is 2.40 bits per heavy atom. The SMILES string of the molecule is OCCn1cncc1-c1ccc(-c2ccc(-c3nc4nc(O[C@@H]5CO[C@H]6[C@@H]5OC[C@H]6O)[nH]c4cc3Cl)cc2)cc1. The molecule has 0 spiro atoms. The van der Waals surface area contributed by atoms with Crippen LogP contribution in [0.4, 0.5) is 0 Å². The van der Waals surface area contributed by atoms with Gasteiger partial charge in [-0.2, -0.15) is 4.98 Å². The van der Waals surface area contributed by atoms with Gasteiger partial charge in [0.05, 0.1) is 54.3 Å². The number of aromatic nitrogens is 5. The van der Waals surface area contributed by atoms with Crippen molar-refractivity contribution in [1.29, 1.82) is 0 Å². The summed E-state index contributed by atoms with van der Waals surface area (Å²) in [6.07, 6.45) is 1.80. The predicted octanol–water partition coefficient (Wildman–Crippen LogP) is 3.71. The van der Waals surface area contributed by atoms with Gasteiger partial charge < -0.3 is 34.0 Å². The highest BCUT2D eigenvalue weighted by molar-refractivity contribution is 6.33. The van der Waals surface area contributed by atoms with Crippen LogP contribution in [0.2, 0.25) is 5.02 Å². The number of halogens is 1. The molecule has 0 saturated carbocycles. The number of hydrogen-bond donors (Lipinski definition) is 3. The van der Waals surface area contributed by atoms with Crippen molar-refractivity contribution < 1.29 is 24.4 Å². The third-order valence-electron chi connectivity index (χ3n) is 7.38. The minimum atomic E-state index is -0.643. The van der Waals surface area contributed by atoms with Crippen molar-refractivity contribution in [2.45, 2.75) is 31.0 Å². The monoisotopic (exact) mass is 559 g/mol. The number of imidazole rings is 2. The molecular formula is C29H26ClN5O5. The van der Waals surface area contributed by atoms with Gasteiger partial charge in [-0.05, 0) is 22.8 Å². The van der Waals surface area contributed by atoms with Gasteiger partial charge in [0.25, 0.3) is 6.01 Å². The molecule has 5 heterocycles. The van der Waals surface area contributed by atoms with E-state index < -0.39 is 6.10 Å². The Labute approximate surface area is 234 Å². The van der Waals surface area contributed by atoms with E-state index in [9.17, 15) is 10.2 Å². The molecule has 4 atom stereocenters. The van der Waals surface area contributed by atoms with Crippen LogP contribution in [-0.2, 0) is 16.0 Å². The average Bonchev–Trinajstić information content (AvgIpc) is 3.76. The number of aliphatic hydroxyl groups is 2. The van der Waals surface area contributed by atoms with Crippen LogP contribution >= 0.6 is 11.6 Å². The van der Waals surface area contributed by atoms with Gasteiger partial charge in [-0.1, -0.05) is 60.1 Å². The smallest absolute Gasteiger partial charge is 0.296 e. The zero-order valence-corrected chi connectivity index (χ0v) is 22.0. The minimum absolute atomic E-state index is 0.0621. The van der Waals surface area contributed by atoms with Gasteiger partial charge in [-0.15, -0.1) is 0 Å². The number of fused-ring (bicyclic) bond motifs is 2. The summed E-state index contributed by atoms with van der Waals surface area (Å²) in [4.78, 5) is 16.5. The number of rotatable bonds is 7. The first-order chi connectivity index (χ1) is 19.6. The number of nitrogens with one attached hydrogen (secondary N) is 1. The lowest BCUT2D eigenvalue weighted by atomic mass is 10.0. The van der Waals surface area contributed by atoms with Gasteiger partial charge in [0.15, 0.2) is 11.8 Å². The summed E-state index contributed by atoms with van der Waals surface area (Å²) >= 11 is 6.62. The first-order valence-electron chi connectivity index (χ1n) is 13.0. The topological polar surface area (TPSA) is 128 Å². The highest BCUT2D eigenvalue weighted by Crippen LogP contribution is 2.33. The summed E-state index contributed by atoms with van der Waals surface area (Å²) in [6.45, 7) is 1.11. The van der Waals surface area contributed by atoms with Gasteiger partial charge >= 0.3 is 0 Å². The standard InChI is InChI=1S/C29H26ClN5O5/c30-20-11-21-28(34-29(32-21)40-24-14-39-26-23(37)13-38-27(24)26)33-25(20)19-7-3-17(4-8-19)16-1-5-18(6-2-16)22-12-31-15-35(22)9-10-36/h1-8,11-12,15,23-24,26-27,36-37H,9-10,13-14H2,(H,32,33,34)/t23-,24-,26-,27-/m1/s1.